The van der Waals surface area contributed by atoms with Gasteiger partial charge in [0.1, 0.15) is 5.84 Å². The van der Waals surface area contributed by atoms with Crippen LogP contribution in [0.1, 0.15) is 23.6 Å². The minimum absolute atomic E-state index is 0.0315. The van der Waals surface area contributed by atoms with Gasteiger partial charge in [-0.25, -0.2) is 4.99 Å². The Hall–Kier alpha value is -6.30. The van der Waals surface area contributed by atoms with E-state index in [4.69, 9.17) is 9.98 Å². The molecular formula is C46H30N4S. The minimum atomic E-state index is -0.0315. The highest BCUT2D eigenvalue weighted by Crippen LogP contribution is 2.44. The van der Waals surface area contributed by atoms with Crippen LogP contribution in [0.4, 0.5) is 0 Å². The third-order valence-corrected chi connectivity index (χ3v) is 11.6. The summed E-state index contributed by atoms with van der Waals surface area (Å²) in [6.07, 6.45) is 0.708. The van der Waals surface area contributed by atoms with Gasteiger partial charge in [-0.15, -0.1) is 11.3 Å². The van der Waals surface area contributed by atoms with Crippen molar-refractivity contribution in [2.75, 3.05) is 0 Å². The average molecular weight is 671 g/mol. The number of hydrogen-bond acceptors (Lipinski definition) is 3. The molecule has 0 N–H and O–H groups in total. The van der Waals surface area contributed by atoms with E-state index in [0.29, 0.717) is 6.42 Å². The number of amidine groups is 1. The Labute approximate surface area is 297 Å². The average Bonchev–Trinajstić information content (AvgIpc) is 3.83. The number of aliphatic imine (C=N–C) groups is 2. The molecule has 240 valence electrons. The molecule has 4 heterocycles. The first-order valence-corrected chi connectivity index (χ1v) is 18.2. The van der Waals surface area contributed by atoms with Gasteiger partial charge in [0, 0.05) is 59.4 Å². The first kappa shape index (κ1) is 28.5. The fourth-order valence-electron chi connectivity index (χ4n) is 8.13. The number of aromatic nitrogens is 2. The monoisotopic (exact) mass is 670 g/mol. The van der Waals surface area contributed by atoms with Gasteiger partial charge in [-0.3, -0.25) is 9.56 Å². The fraction of sp³-hybridized carbons (Fsp3) is 0.0435. The maximum absolute atomic E-state index is 5.32. The lowest BCUT2D eigenvalue weighted by Crippen LogP contribution is -2.22. The van der Waals surface area contributed by atoms with E-state index in [1.165, 1.54) is 75.0 Å². The van der Waals surface area contributed by atoms with Crippen LogP contribution in [0, 0.1) is 0 Å². The van der Waals surface area contributed by atoms with Gasteiger partial charge in [0.15, 0.2) is 5.84 Å². The van der Waals surface area contributed by atoms with E-state index in [0.717, 1.165) is 17.2 Å². The summed E-state index contributed by atoms with van der Waals surface area (Å²) in [6, 6.07) is 58.9. The second-order valence-electron chi connectivity index (χ2n) is 13.4. The lowest BCUT2D eigenvalue weighted by molar-refractivity contribution is 0.741. The van der Waals surface area contributed by atoms with E-state index in [2.05, 4.69) is 167 Å². The highest BCUT2D eigenvalue weighted by molar-refractivity contribution is 7.26. The molecular weight excluding hydrogens is 641 g/mol. The molecule has 51 heavy (non-hydrogen) atoms. The molecule has 0 fully saturated rings. The molecule has 10 aromatic rings. The maximum atomic E-state index is 5.32. The van der Waals surface area contributed by atoms with Crippen molar-refractivity contribution >= 4 is 86.8 Å². The van der Waals surface area contributed by atoms with E-state index in [1.807, 2.05) is 17.4 Å². The zero-order chi connectivity index (χ0) is 33.5. The van der Waals surface area contributed by atoms with Crippen LogP contribution in [-0.2, 0) is 0 Å². The third-order valence-electron chi connectivity index (χ3n) is 10.4. The third kappa shape index (κ3) is 4.38. The van der Waals surface area contributed by atoms with E-state index in [-0.39, 0.29) is 6.04 Å². The van der Waals surface area contributed by atoms with E-state index >= 15 is 0 Å². The molecule has 1 atom stereocenters. The number of thiophene rings is 1. The molecule has 0 saturated carbocycles. The molecule has 0 spiro atoms. The van der Waals surface area contributed by atoms with Crippen molar-refractivity contribution < 1.29 is 0 Å². The Balaban J connectivity index is 1.16. The Morgan fingerprint density at radius 3 is 1.65 bits per heavy atom. The molecule has 0 saturated heterocycles. The van der Waals surface area contributed by atoms with Crippen LogP contribution in [0.15, 0.2) is 174 Å². The van der Waals surface area contributed by atoms with Crippen molar-refractivity contribution in [2.45, 2.75) is 12.5 Å². The van der Waals surface area contributed by atoms with Crippen LogP contribution in [-0.4, -0.2) is 20.8 Å². The molecule has 0 amide bonds. The van der Waals surface area contributed by atoms with Crippen LogP contribution < -0.4 is 0 Å². The van der Waals surface area contributed by atoms with Crippen molar-refractivity contribution in [1.82, 2.24) is 9.13 Å². The van der Waals surface area contributed by atoms with Gasteiger partial charge < -0.3 is 4.57 Å². The van der Waals surface area contributed by atoms with Crippen molar-refractivity contribution in [3.63, 3.8) is 0 Å². The zero-order valence-electron chi connectivity index (χ0n) is 27.6. The summed E-state index contributed by atoms with van der Waals surface area (Å²) in [5.74, 6) is 1.79. The van der Waals surface area contributed by atoms with Crippen LogP contribution in [0.25, 0.3) is 69.5 Å². The smallest absolute Gasteiger partial charge is 0.157 e. The zero-order valence-corrected chi connectivity index (χ0v) is 28.4. The number of rotatable bonds is 3. The summed E-state index contributed by atoms with van der Waals surface area (Å²) in [7, 11) is 0. The summed E-state index contributed by atoms with van der Waals surface area (Å²) in [4.78, 5) is 10.5. The van der Waals surface area contributed by atoms with Crippen LogP contribution >= 0.6 is 11.3 Å². The Kier molecular flexibility index (Phi) is 6.21. The van der Waals surface area contributed by atoms with E-state index < -0.39 is 0 Å². The topological polar surface area (TPSA) is 34.6 Å². The Morgan fingerprint density at radius 1 is 0.471 bits per heavy atom. The largest absolute Gasteiger partial charge is 0.309 e. The van der Waals surface area contributed by atoms with Crippen molar-refractivity contribution in [3.05, 3.63) is 175 Å². The number of para-hydroxylation sites is 3. The highest BCUT2D eigenvalue weighted by Gasteiger charge is 2.25. The van der Waals surface area contributed by atoms with Crippen LogP contribution in [0.3, 0.4) is 0 Å². The SMILES string of the molecule is c1ccc(C2=NC(c3ccccc3)CC(n3c4ccccc4c4cc5c(cc43)sc3cc4c(cc35)c3ccccc3n4-c3ccccc3)=N2)cc1. The standard InChI is InChI=1S/C46H30N4S/c1-4-14-29(15-5-1)38-26-45(48-46(47-38)30-16-6-2-7-17-30)50-40-23-13-11-21-33(40)35-25-37-36-24-34-32-20-10-12-22-39(32)49(31-18-8-3-9-19-31)41(34)27-43(36)51-44(37)28-42(35)50/h1-25,27-28,38H,26H2. The second-order valence-corrected chi connectivity index (χ2v) is 14.4. The number of benzene rings is 7. The number of hydrogen-bond donors (Lipinski definition) is 0. The molecule has 0 bridgehead atoms. The highest BCUT2D eigenvalue weighted by atomic mass is 32.1. The van der Waals surface area contributed by atoms with Crippen LogP contribution in [0.5, 0.6) is 0 Å². The summed E-state index contributed by atoms with van der Waals surface area (Å²) >= 11 is 1.87. The van der Waals surface area contributed by atoms with Gasteiger partial charge in [0.05, 0.1) is 28.1 Å². The molecule has 5 heteroatoms. The summed E-state index contributed by atoms with van der Waals surface area (Å²) in [5, 5.41) is 7.62. The van der Waals surface area contributed by atoms with E-state index in [9.17, 15) is 0 Å². The van der Waals surface area contributed by atoms with E-state index in [1.54, 1.807) is 0 Å². The molecule has 0 radical (unpaired) electrons. The fourth-order valence-corrected chi connectivity index (χ4v) is 9.27. The predicted octanol–water partition coefficient (Wildman–Crippen LogP) is 12.1. The summed E-state index contributed by atoms with van der Waals surface area (Å²) in [6.45, 7) is 0. The normalized spacial score (nSPS) is 15.0. The van der Waals surface area contributed by atoms with Gasteiger partial charge in [-0.2, -0.15) is 0 Å². The second kappa shape index (κ2) is 11.1. The predicted molar refractivity (Wildman–Crippen MR) is 216 cm³/mol. The van der Waals surface area contributed by atoms with Gasteiger partial charge in [-0.1, -0.05) is 115 Å². The van der Waals surface area contributed by atoms with Gasteiger partial charge in [0.2, 0.25) is 0 Å². The maximum Gasteiger partial charge on any atom is 0.157 e. The lowest BCUT2D eigenvalue weighted by atomic mass is 10.0. The van der Waals surface area contributed by atoms with Crippen LogP contribution in [0.2, 0.25) is 0 Å². The Morgan fingerprint density at radius 2 is 1.00 bits per heavy atom. The van der Waals surface area contributed by atoms with Gasteiger partial charge >= 0.3 is 0 Å². The summed E-state index contributed by atoms with van der Waals surface area (Å²) < 4.78 is 7.37. The van der Waals surface area contributed by atoms with Crippen molar-refractivity contribution in [2.24, 2.45) is 9.98 Å². The molecule has 1 aliphatic rings. The molecule has 1 unspecified atom stereocenters. The molecule has 11 rings (SSSR count). The molecule has 0 aliphatic carbocycles. The number of fused-ring (bicyclic) bond motifs is 9. The van der Waals surface area contributed by atoms with Crippen molar-refractivity contribution in [3.8, 4) is 5.69 Å². The molecule has 7 aromatic carbocycles. The summed E-state index contributed by atoms with van der Waals surface area (Å²) in [5.41, 5.74) is 8.22. The number of nitrogens with zero attached hydrogens (tertiary/aromatic N) is 4. The first-order valence-electron chi connectivity index (χ1n) is 17.4. The molecule has 3 aromatic heterocycles. The quantitative estimate of drug-likeness (QED) is 0.179. The lowest BCUT2D eigenvalue weighted by Gasteiger charge is -2.22. The minimum Gasteiger partial charge on any atom is -0.309 e. The first-order chi connectivity index (χ1) is 25.3. The molecule has 1 aliphatic heterocycles. The van der Waals surface area contributed by atoms with Gasteiger partial charge in [0.25, 0.3) is 0 Å². The van der Waals surface area contributed by atoms with Crippen molar-refractivity contribution in [1.29, 1.82) is 0 Å². The Bertz CT molecular complexity index is 3040. The molecule has 4 nitrogen and oxygen atoms in total. The van der Waals surface area contributed by atoms with Gasteiger partial charge in [-0.05, 0) is 54.1 Å².